The lowest BCUT2D eigenvalue weighted by atomic mass is 9.99. The summed E-state index contributed by atoms with van der Waals surface area (Å²) in [6.45, 7) is 0.317. The van der Waals surface area contributed by atoms with Gasteiger partial charge in [-0.3, -0.25) is 4.98 Å². The topological polar surface area (TPSA) is 73.2 Å². The molecule has 2 unspecified atom stereocenters. The van der Waals surface area contributed by atoms with Crippen LogP contribution < -0.4 is 10.1 Å². The van der Waals surface area contributed by atoms with E-state index in [1.807, 2.05) is 24.3 Å². The SMILES string of the molecule is Cl.Cn1c2c(c3cc(S(=O)(=O)c4ccccc4)cc(OCc4cccnc4)c31)C1CCC(C2)N1. The van der Waals surface area contributed by atoms with Gasteiger partial charge in [0.1, 0.15) is 12.4 Å². The number of aromatic nitrogens is 2. The second-order valence-electron chi connectivity index (χ2n) is 8.90. The van der Waals surface area contributed by atoms with E-state index in [1.165, 1.54) is 11.3 Å². The third-order valence-electron chi connectivity index (χ3n) is 6.90. The Morgan fingerprint density at radius 2 is 1.91 bits per heavy atom. The van der Waals surface area contributed by atoms with Crippen LogP contribution in [0.4, 0.5) is 0 Å². The van der Waals surface area contributed by atoms with Gasteiger partial charge in [-0.2, -0.15) is 0 Å². The summed E-state index contributed by atoms with van der Waals surface area (Å²) in [5.74, 6) is 0.582. The molecule has 0 saturated carbocycles. The molecule has 2 aromatic heterocycles. The first-order chi connectivity index (χ1) is 16.0. The summed E-state index contributed by atoms with van der Waals surface area (Å²) in [6.07, 6.45) is 6.65. The first-order valence-corrected chi connectivity index (χ1v) is 12.7. The quantitative estimate of drug-likeness (QED) is 0.432. The van der Waals surface area contributed by atoms with Gasteiger partial charge in [-0.25, -0.2) is 8.42 Å². The summed E-state index contributed by atoms with van der Waals surface area (Å²) in [7, 11) is -1.63. The molecule has 8 heteroatoms. The van der Waals surface area contributed by atoms with Crippen molar-refractivity contribution in [3.63, 3.8) is 0 Å². The third kappa shape index (κ3) is 3.68. The van der Waals surface area contributed by atoms with Crippen molar-refractivity contribution in [1.82, 2.24) is 14.9 Å². The van der Waals surface area contributed by atoms with E-state index in [0.717, 1.165) is 35.7 Å². The number of pyridine rings is 1. The van der Waals surface area contributed by atoms with Crippen LogP contribution >= 0.6 is 12.4 Å². The first kappa shape index (κ1) is 22.9. The predicted molar refractivity (Wildman–Crippen MR) is 133 cm³/mol. The van der Waals surface area contributed by atoms with Crippen LogP contribution in [0.5, 0.6) is 5.75 Å². The summed E-state index contributed by atoms with van der Waals surface area (Å²) in [6, 6.07) is 16.7. The fourth-order valence-electron chi connectivity index (χ4n) is 5.33. The van der Waals surface area contributed by atoms with Crippen molar-refractivity contribution in [2.75, 3.05) is 0 Å². The smallest absolute Gasteiger partial charge is 0.206 e. The Bertz CT molecular complexity index is 1450. The number of nitrogens with zero attached hydrogens (tertiary/aromatic N) is 2. The van der Waals surface area contributed by atoms with Crippen LogP contribution in [0, 0.1) is 0 Å². The van der Waals surface area contributed by atoms with Crippen LogP contribution in [-0.2, 0) is 29.9 Å². The van der Waals surface area contributed by atoms with E-state index >= 15 is 0 Å². The zero-order valence-electron chi connectivity index (χ0n) is 18.8. The second-order valence-corrected chi connectivity index (χ2v) is 10.9. The molecular weight excluding hydrogens is 470 g/mol. The number of benzene rings is 2. The second kappa shape index (κ2) is 8.73. The molecule has 4 heterocycles. The number of halogens is 1. The highest BCUT2D eigenvalue weighted by molar-refractivity contribution is 7.91. The van der Waals surface area contributed by atoms with Crippen LogP contribution in [0.15, 0.2) is 76.8 Å². The largest absolute Gasteiger partial charge is 0.487 e. The number of ether oxygens (including phenoxy) is 1. The molecule has 1 fully saturated rings. The lowest BCUT2D eigenvalue weighted by Gasteiger charge is -2.23. The molecule has 2 atom stereocenters. The molecule has 1 N–H and O–H groups in total. The molecule has 6 nitrogen and oxygen atoms in total. The Hall–Kier alpha value is -2.87. The van der Waals surface area contributed by atoms with Gasteiger partial charge in [0, 0.05) is 60.7 Å². The zero-order valence-corrected chi connectivity index (χ0v) is 20.4. The lowest BCUT2D eigenvalue weighted by Crippen LogP contribution is -2.32. The van der Waals surface area contributed by atoms with Gasteiger partial charge in [-0.05, 0) is 42.7 Å². The summed E-state index contributed by atoms with van der Waals surface area (Å²) >= 11 is 0. The molecule has 6 rings (SSSR count). The molecule has 0 amide bonds. The van der Waals surface area contributed by atoms with Crippen molar-refractivity contribution in [2.24, 2.45) is 7.05 Å². The predicted octanol–water partition coefficient (Wildman–Crippen LogP) is 4.76. The standard InChI is InChI=1S/C26H25N3O3S.ClH/c1-29-23-12-18-9-10-22(28-18)25(23)21-13-20(33(30,31)19-7-3-2-4-8-19)14-24(26(21)29)32-16-17-6-5-11-27-15-17;/h2-8,11,13-15,18,22,28H,9-10,12,16H2,1H3;1H. The average Bonchev–Trinajstić information content (AvgIpc) is 3.36. The number of nitrogens with one attached hydrogen (secondary N) is 1. The average molecular weight is 496 g/mol. The number of hydrogen-bond donors (Lipinski definition) is 1. The monoisotopic (exact) mass is 495 g/mol. The van der Waals surface area contributed by atoms with Crippen LogP contribution in [0.2, 0.25) is 0 Å². The Labute approximate surface area is 205 Å². The number of rotatable bonds is 5. The molecule has 0 aliphatic carbocycles. The number of sulfone groups is 1. The number of aryl methyl sites for hydroxylation is 1. The minimum atomic E-state index is -3.69. The van der Waals surface area contributed by atoms with Gasteiger partial charge in [-0.15, -0.1) is 12.4 Å². The van der Waals surface area contributed by atoms with Crippen LogP contribution in [0.25, 0.3) is 10.9 Å². The maximum atomic E-state index is 13.6. The first-order valence-electron chi connectivity index (χ1n) is 11.3. The van der Waals surface area contributed by atoms with E-state index in [-0.39, 0.29) is 28.2 Å². The van der Waals surface area contributed by atoms with Crippen LogP contribution in [0.3, 0.4) is 0 Å². The molecule has 0 spiro atoms. The van der Waals surface area contributed by atoms with Gasteiger partial charge < -0.3 is 14.6 Å². The van der Waals surface area contributed by atoms with Gasteiger partial charge in [0.05, 0.1) is 15.3 Å². The van der Waals surface area contributed by atoms with Crippen molar-refractivity contribution in [2.45, 2.75) is 47.7 Å². The summed E-state index contributed by atoms with van der Waals surface area (Å²) in [5, 5.41) is 4.67. The summed E-state index contributed by atoms with van der Waals surface area (Å²) in [4.78, 5) is 4.71. The van der Waals surface area contributed by atoms with E-state index in [1.54, 1.807) is 42.7 Å². The fourth-order valence-corrected chi connectivity index (χ4v) is 6.65. The van der Waals surface area contributed by atoms with E-state index < -0.39 is 9.84 Å². The van der Waals surface area contributed by atoms with Crippen molar-refractivity contribution >= 4 is 33.1 Å². The molecule has 2 aliphatic rings. The minimum Gasteiger partial charge on any atom is -0.487 e. The number of hydrogen-bond acceptors (Lipinski definition) is 5. The number of fused-ring (bicyclic) bond motifs is 6. The molecule has 2 aromatic carbocycles. The normalized spacial score (nSPS) is 19.0. The van der Waals surface area contributed by atoms with E-state index in [4.69, 9.17) is 4.74 Å². The summed E-state index contributed by atoms with van der Waals surface area (Å²) in [5.41, 5.74) is 4.38. The molecule has 2 aliphatic heterocycles. The highest BCUT2D eigenvalue weighted by Crippen LogP contribution is 2.45. The van der Waals surface area contributed by atoms with Crippen LogP contribution in [-0.4, -0.2) is 24.0 Å². The Kier molecular flexibility index (Phi) is 5.88. The lowest BCUT2D eigenvalue weighted by molar-refractivity contribution is 0.307. The zero-order chi connectivity index (χ0) is 22.6. The van der Waals surface area contributed by atoms with Crippen molar-refractivity contribution in [3.8, 4) is 5.75 Å². The van der Waals surface area contributed by atoms with Gasteiger partial charge in [0.2, 0.25) is 9.84 Å². The van der Waals surface area contributed by atoms with E-state index in [9.17, 15) is 8.42 Å². The van der Waals surface area contributed by atoms with Crippen molar-refractivity contribution < 1.29 is 13.2 Å². The fraction of sp³-hybridized carbons (Fsp3) is 0.269. The Morgan fingerprint density at radius 3 is 2.68 bits per heavy atom. The molecular formula is C26H26ClN3O3S. The minimum absolute atomic E-state index is 0. The maximum absolute atomic E-state index is 13.6. The van der Waals surface area contributed by atoms with Gasteiger partial charge in [0.25, 0.3) is 0 Å². The Balaban J connectivity index is 0.00000241. The molecule has 1 saturated heterocycles. The molecule has 4 aromatic rings. The van der Waals surface area contributed by atoms with Gasteiger partial charge >= 0.3 is 0 Å². The van der Waals surface area contributed by atoms with E-state index in [0.29, 0.717) is 18.4 Å². The van der Waals surface area contributed by atoms with Gasteiger partial charge in [-0.1, -0.05) is 24.3 Å². The van der Waals surface area contributed by atoms with Gasteiger partial charge in [0.15, 0.2) is 0 Å². The highest BCUT2D eigenvalue weighted by atomic mass is 35.5. The van der Waals surface area contributed by atoms with Crippen molar-refractivity contribution in [3.05, 3.63) is 83.8 Å². The van der Waals surface area contributed by atoms with Crippen LogP contribution in [0.1, 0.15) is 35.7 Å². The third-order valence-corrected chi connectivity index (χ3v) is 8.65. The molecule has 0 radical (unpaired) electrons. The molecule has 2 bridgehead atoms. The summed E-state index contributed by atoms with van der Waals surface area (Å²) < 4.78 is 35.6. The highest BCUT2D eigenvalue weighted by Gasteiger charge is 2.37. The van der Waals surface area contributed by atoms with Crippen molar-refractivity contribution in [1.29, 1.82) is 0 Å². The molecule has 34 heavy (non-hydrogen) atoms. The molecule has 176 valence electrons. The van der Waals surface area contributed by atoms with E-state index in [2.05, 4.69) is 21.9 Å². The maximum Gasteiger partial charge on any atom is 0.206 e. The Morgan fingerprint density at radius 1 is 1.09 bits per heavy atom.